The number of hydrogen-bond donors (Lipinski definition) is 1. The summed E-state index contributed by atoms with van der Waals surface area (Å²) in [6, 6.07) is 0.710. The Labute approximate surface area is 104 Å². The van der Waals surface area contributed by atoms with Gasteiger partial charge in [-0.2, -0.15) is 0 Å². The molecule has 17 heavy (non-hydrogen) atoms. The van der Waals surface area contributed by atoms with E-state index in [0.717, 1.165) is 31.8 Å². The van der Waals surface area contributed by atoms with Crippen molar-refractivity contribution >= 4 is 5.97 Å². The van der Waals surface area contributed by atoms with Crippen LogP contribution in [-0.2, 0) is 4.79 Å². The monoisotopic (exact) mass is 239 g/mol. The first-order chi connectivity index (χ1) is 8.03. The molecule has 0 amide bonds. The minimum absolute atomic E-state index is 0.478. The maximum absolute atomic E-state index is 11.2. The van der Waals surface area contributed by atoms with Crippen molar-refractivity contribution in [2.75, 3.05) is 13.1 Å². The maximum Gasteiger partial charge on any atom is 0.309 e. The molecule has 0 spiro atoms. The third kappa shape index (κ3) is 2.65. The van der Waals surface area contributed by atoms with Crippen LogP contribution in [0.4, 0.5) is 0 Å². The van der Waals surface area contributed by atoms with Crippen molar-refractivity contribution < 1.29 is 9.90 Å². The summed E-state index contributed by atoms with van der Waals surface area (Å²) >= 11 is 0. The molecule has 0 bridgehead atoms. The highest BCUT2D eigenvalue weighted by atomic mass is 16.4. The lowest BCUT2D eigenvalue weighted by atomic mass is 9.78. The number of rotatable bonds is 2. The van der Waals surface area contributed by atoms with E-state index in [-0.39, 0.29) is 0 Å². The van der Waals surface area contributed by atoms with E-state index in [9.17, 15) is 9.90 Å². The molecular formula is C14H25NO2. The zero-order chi connectivity index (χ0) is 12.5. The molecule has 98 valence electrons. The molecule has 1 N–H and O–H groups in total. The van der Waals surface area contributed by atoms with Gasteiger partial charge in [-0.1, -0.05) is 19.8 Å². The number of carboxylic acids is 1. The van der Waals surface area contributed by atoms with Gasteiger partial charge in [0.2, 0.25) is 0 Å². The van der Waals surface area contributed by atoms with E-state index >= 15 is 0 Å². The van der Waals surface area contributed by atoms with Gasteiger partial charge in [-0.05, 0) is 51.6 Å². The fraction of sp³-hybridized carbons (Fsp3) is 0.929. The largest absolute Gasteiger partial charge is 0.481 e. The van der Waals surface area contributed by atoms with Crippen LogP contribution in [0.25, 0.3) is 0 Å². The van der Waals surface area contributed by atoms with Gasteiger partial charge in [0.1, 0.15) is 0 Å². The molecule has 1 saturated heterocycles. The topological polar surface area (TPSA) is 40.5 Å². The molecule has 1 heterocycles. The Kier molecular flexibility index (Phi) is 3.76. The van der Waals surface area contributed by atoms with Crippen molar-refractivity contribution in [3.05, 3.63) is 0 Å². The molecule has 2 fully saturated rings. The van der Waals surface area contributed by atoms with Gasteiger partial charge in [0.15, 0.2) is 0 Å². The summed E-state index contributed by atoms with van der Waals surface area (Å²) in [6.07, 6.45) is 7.00. The zero-order valence-corrected chi connectivity index (χ0v) is 11.1. The number of likely N-dealkylation sites (tertiary alicyclic amines) is 1. The van der Waals surface area contributed by atoms with Crippen molar-refractivity contribution in [1.82, 2.24) is 4.90 Å². The number of piperidine rings is 1. The van der Waals surface area contributed by atoms with Gasteiger partial charge in [-0.25, -0.2) is 0 Å². The van der Waals surface area contributed by atoms with Crippen molar-refractivity contribution in [2.45, 2.75) is 58.4 Å². The van der Waals surface area contributed by atoms with Crippen molar-refractivity contribution in [1.29, 1.82) is 0 Å². The van der Waals surface area contributed by atoms with E-state index in [1.807, 2.05) is 6.92 Å². The molecule has 2 rings (SSSR count). The van der Waals surface area contributed by atoms with Crippen LogP contribution in [0.1, 0.15) is 52.4 Å². The van der Waals surface area contributed by atoms with Crippen LogP contribution in [0.15, 0.2) is 0 Å². The highest BCUT2D eigenvalue weighted by Crippen LogP contribution is 2.35. The van der Waals surface area contributed by atoms with E-state index in [2.05, 4.69) is 11.8 Å². The van der Waals surface area contributed by atoms with Crippen LogP contribution >= 0.6 is 0 Å². The predicted octanol–water partition coefficient (Wildman–Crippen LogP) is 2.75. The van der Waals surface area contributed by atoms with Gasteiger partial charge in [-0.15, -0.1) is 0 Å². The van der Waals surface area contributed by atoms with Gasteiger partial charge in [0.25, 0.3) is 0 Å². The summed E-state index contributed by atoms with van der Waals surface area (Å²) in [5.74, 6) is 0.173. The molecule has 3 heteroatoms. The van der Waals surface area contributed by atoms with Gasteiger partial charge in [-0.3, -0.25) is 4.79 Å². The Morgan fingerprint density at radius 1 is 1.24 bits per heavy atom. The van der Waals surface area contributed by atoms with E-state index in [1.165, 1.54) is 25.7 Å². The first-order valence-electron chi connectivity index (χ1n) is 7.00. The average molecular weight is 239 g/mol. The van der Waals surface area contributed by atoms with Crippen LogP contribution < -0.4 is 0 Å². The molecule has 1 saturated carbocycles. The molecule has 1 aliphatic heterocycles. The maximum atomic E-state index is 11.2. The number of carbonyl (C=O) groups is 1. The second kappa shape index (κ2) is 4.97. The molecule has 0 aromatic heterocycles. The zero-order valence-electron chi connectivity index (χ0n) is 11.1. The number of hydrogen-bond acceptors (Lipinski definition) is 2. The molecule has 0 aromatic carbocycles. The highest BCUT2D eigenvalue weighted by molar-refractivity contribution is 5.74. The second-order valence-corrected chi connectivity index (χ2v) is 6.23. The first-order valence-corrected chi connectivity index (χ1v) is 7.00. The molecule has 3 nitrogen and oxygen atoms in total. The van der Waals surface area contributed by atoms with E-state index in [0.29, 0.717) is 6.04 Å². The molecule has 2 atom stereocenters. The molecule has 2 unspecified atom stereocenters. The Balaban J connectivity index is 1.92. The molecular weight excluding hydrogens is 214 g/mol. The molecule has 0 radical (unpaired) electrons. The quantitative estimate of drug-likeness (QED) is 0.805. The van der Waals surface area contributed by atoms with Crippen molar-refractivity contribution in [3.8, 4) is 0 Å². The summed E-state index contributed by atoms with van der Waals surface area (Å²) in [7, 11) is 0. The Morgan fingerprint density at radius 3 is 2.35 bits per heavy atom. The summed E-state index contributed by atoms with van der Waals surface area (Å²) in [5.41, 5.74) is -0.478. The predicted molar refractivity (Wildman–Crippen MR) is 68.0 cm³/mol. The fourth-order valence-electron chi connectivity index (χ4n) is 3.40. The van der Waals surface area contributed by atoms with E-state index < -0.39 is 11.4 Å². The molecule has 0 aromatic rings. The summed E-state index contributed by atoms with van der Waals surface area (Å²) in [6.45, 7) is 6.20. The van der Waals surface area contributed by atoms with E-state index in [1.54, 1.807) is 0 Å². The lowest BCUT2D eigenvalue weighted by Crippen LogP contribution is -2.49. The standard InChI is InChI=1S/C14H25NO2/c1-11-5-3-4-6-12(11)15-9-7-14(2,8-10-15)13(16)17/h11-12H,3-10H2,1-2H3,(H,16,17). The lowest BCUT2D eigenvalue weighted by molar-refractivity contribution is -0.151. The average Bonchev–Trinajstić information content (AvgIpc) is 2.31. The number of aliphatic carboxylic acids is 1. The van der Waals surface area contributed by atoms with Gasteiger partial charge in [0, 0.05) is 6.04 Å². The lowest BCUT2D eigenvalue weighted by Gasteiger charge is -2.44. The minimum atomic E-state index is -0.617. The number of nitrogens with zero attached hydrogens (tertiary/aromatic N) is 1. The van der Waals surface area contributed by atoms with Crippen LogP contribution in [0, 0.1) is 11.3 Å². The SMILES string of the molecule is CC1CCCCC1N1CCC(C)(C(=O)O)CC1. The van der Waals surface area contributed by atoms with Crippen LogP contribution in [0.3, 0.4) is 0 Å². The van der Waals surface area contributed by atoms with Crippen LogP contribution in [-0.4, -0.2) is 35.1 Å². The van der Waals surface area contributed by atoms with Crippen LogP contribution in [0.5, 0.6) is 0 Å². The fourth-order valence-corrected chi connectivity index (χ4v) is 3.40. The van der Waals surface area contributed by atoms with Crippen molar-refractivity contribution in [2.24, 2.45) is 11.3 Å². The van der Waals surface area contributed by atoms with E-state index in [4.69, 9.17) is 0 Å². The summed E-state index contributed by atoms with van der Waals surface area (Å²) in [4.78, 5) is 13.8. The smallest absolute Gasteiger partial charge is 0.309 e. The van der Waals surface area contributed by atoms with Crippen LogP contribution in [0.2, 0.25) is 0 Å². The highest BCUT2D eigenvalue weighted by Gasteiger charge is 2.39. The van der Waals surface area contributed by atoms with Gasteiger partial charge >= 0.3 is 5.97 Å². The second-order valence-electron chi connectivity index (χ2n) is 6.23. The van der Waals surface area contributed by atoms with Gasteiger partial charge in [0.05, 0.1) is 5.41 Å². The minimum Gasteiger partial charge on any atom is -0.481 e. The Morgan fingerprint density at radius 2 is 1.82 bits per heavy atom. The normalized spacial score (nSPS) is 34.5. The van der Waals surface area contributed by atoms with Gasteiger partial charge < -0.3 is 10.0 Å². The first kappa shape index (κ1) is 12.9. The summed E-state index contributed by atoms with van der Waals surface area (Å²) in [5, 5.41) is 9.23. The summed E-state index contributed by atoms with van der Waals surface area (Å²) < 4.78 is 0. The number of carboxylic acid groups (broad SMARTS) is 1. The molecule has 1 aliphatic carbocycles. The Hall–Kier alpha value is -0.570. The molecule has 2 aliphatic rings. The van der Waals surface area contributed by atoms with Crippen molar-refractivity contribution in [3.63, 3.8) is 0 Å². The third-order valence-corrected chi connectivity index (χ3v) is 4.95. The Bertz CT molecular complexity index is 282. The third-order valence-electron chi connectivity index (χ3n) is 4.95.